The van der Waals surface area contributed by atoms with Crippen LogP contribution < -0.4 is 30.9 Å². The van der Waals surface area contributed by atoms with Gasteiger partial charge in [0.1, 0.15) is 11.3 Å². The van der Waals surface area contributed by atoms with Crippen LogP contribution in [0.3, 0.4) is 0 Å². The van der Waals surface area contributed by atoms with E-state index in [0.29, 0.717) is 44.2 Å². The summed E-state index contributed by atoms with van der Waals surface area (Å²) in [6, 6.07) is 12.0. The number of benzene rings is 2. The van der Waals surface area contributed by atoms with Crippen molar-refractivity contribution in [3.63, 3.8) is 0 Å². The Hall–Kier alpha value is -5.54. The predicted octanol–water partition coefficient (Wildman–Crippen LogP) is 4.20. The van der Waals surface area contributed by atoms with Gasteiger partial charge in [-0.15, -0.1) is 0 Å². The molecular formula is C32H30F2N6O7. The first-order chi connectivity index (χ1) is 22.8. The molecule has 1 amide bonds. The van der Waals surface area contributed by atoms with Gasteiger partial charge in [-0.3, -0.25) is 14.7 Å². The van der Waals surface area contributed by atoms with Crippen LogP contribution in [0.5, 0.6) is 17.2 Å². The number of nitrogens with zero attached hydrogens (tertiary/aromatic N) is 5. The molecule has 0 unspecified atom stereocenters. The van der Waals surface area contributed by atoms with Gasteiger partial charge in [0.2, 0.25) is 5.75 Å². The number of amides is 1. The Morgan fingerprint density at radius 2 is 1.74 bits per heavy atom. The molecule has 1 N–H and O–H groups in total. The van der Waals surface area contributed by atoms with E-state index >= 15 is 4.39 Å². The van der Waals surface area contributed by atoms with Crippen molar-refractivity contribution >= 4 is 23.0 Å². The van der Waals surface area contributed by atoms with Gasteiger partial charge in [-0.2, -0.15) is 5.10 Å². The highest BCUT2D eigenvalue weighted by atomic mass is 19.1. The fourth-order valence-electron chi connectivity index (χ4n) is 5.02. The van der Waals surface area contributed by atoms with Crippen LogP contribution in [0.2, 0.25) is 0 Å². The molecule has 0 bridgehead atoms. The van der Waals surface area contributed by atoms with Crippen LogP contribution in [0.4, 0.5) is 25.0 Å². The van der Waals surface area contributed by atoms with Gasteiger partial charge in [-0.05, 0) is 49.4 Å². The van der Waals surface area contributed by atoms with Crippen LogP contribution in [-0.4, -0.2) is 64.4 Å². The van der Waals surface area contributed by atoms with Gasteiger partial charge >= 0.3 is 17.3 Å². The van der Waals surface area contributed by atoms with Crippen molar-refractivity contribution in [1.29, 1.82) is 0 Å². The van der Waals surface area contributed by atoms with E-state index in [1.54, 1.807) is 29.8 Å². The molecule has 47 heavy (non-hydrogen) atoms. The van der Waals surface area contributed by atoms with Crippen molar-refractivity contribution in [2.24, 2.45) is 0 Å². The molecule has 0 atom stereocenters. The second kappa shape index (κ2) is 13.8. The van der Waals surface area contributed by atoms with Crippen molar-refractivity contribution in [3.8, 4) is 22.9 Å². The lowest BCUT2D eigenvalue weighted by molar-refractivity contribution is 0.122. The summed E-state index contributed by atoms with van der Waals surface area (Å²) in [4.78, 5) is 41.3. The molecule has 15 heteroatoms. The maximum atomic E-state index is 15.3. The average Bonchev–Trinajstić information content (AvgIpc) is 3.55. The minimum Gasteiger partial charge on any atom is -0.452 e. The number of rotatable bonds is 10. The number of nitrogens with one attached hydrogen (secondary N) is 1. The third kappa shape index (κ3) is 7.00. The van der Waals surface area contributed by atoms with Crippen molar-refractivity contribution in [2.75, 3.05) is 49.7 Å². The van der Waals surface area contributed by atoms with E-state index in [-0.39, 0.29) is 30.3 Å². The summed E-state index contributed by atoms with van der Waals surface area (Å²) >= 11 is 0. The molecule has 1 fully saturated rings. The molecule has 6 rings (SSSR count). The topological polar surface area (TPSA) is 131 Å². The molecule has 0 aliphatic carbocycles. The molecular weight excluding hydrogens is 618 g/mol. The Morgan fingerprint density at radius 1 is 0.957 bits per heavy atom. The number of carbonyl (C=O) groups excluding carboxylic acids is 1. The van der Waals surface area contributed by atoms with Crippen LogP contribution in [0, 0.1) is 11.6 Å². The molecule has 3 aromatic heterocycles. The van der Waals surface area contributed by atoms with Crippen molar-refractivity contribution < 1.29 is 32.5 Å². The van der Waals surface area contributed by atoms with Gasteiger partial charge in [0.25, 0.3) is 0 Å². The second-order valence-electron chi connectivity index (χ2n) is 10.4. The fourth-order valence-corrected chi connectivity index (χ4v) is 5.02. The first-order valence-electron chi connectivity index (χ1n) is 14.8. The first kappa shape index (κ1) is 31.4. The summed E-state index contributed by atoms with van der Waals surface area (Å²) in [6.45, 7) is 4.90. The summed E-state index contributed by atoms with van der Waals surface area (Å²) in [5.41, 5.74) is -0.149. The molecule has 1 aliphatic heterocycles. The van der Waals surface area contributed by atoms with Crippen LogP contribution in [-0.2, 0) is 16.0 Å². The lowest BCUT2D eigenvalue weighted by Gasteiger charge is -2.29. The Bertz CT molecular complexity index is 2020. The van der Waals surface area contributed by atoms with E-state index in [1.165, 1.54) is 24.3 Å². The van der Waals surface area contributed by atoms with E-state index in [0.717, 1.165) is 39.2 Å². The van der Waals surface area contributed by atoms with Crippen molar-refractivity contribution in [1.82, 2.24) is 18.7 Å². The van der Waals surface area contributed by atoms with Crippen LogP contribution in [0.25, 0.3) is 11.2 Å². The number of hydrogen-bond acceptors (Lipinski definition) is 9. The standard InChI is InChI=1S/C32H30F2N6O7/c1-2-44-14-13-38-20-29(30(41)40(32(38)43)23-6-3-21(33)4-7-23)47-31(42)36-22-5-8-27(25(34)17-22)46-28-18-24(37-11-15-45-16-12-37)19-39-26(28)9-10-35-39/h3-10,17-20H,2,11-16H2,1H3,(H,36,42). The van der Waals surface area contributed by atoms with E-state index in [1.807, 2.05) is 6.20 Å². The smallest absolute Gasteiger partial charge is 0.417 e. The Morgan fingerprint density at radius 3 is 2.49 bits per heavy atom. The summed E-state index contributed by atoms with van der Waals surface area (Å²) < 4.78 is 54.4. The molecule has 13 nitrogen and oxygen atoms in total. The minimum absolute atomic E-state index is 0.0138. The number of ether oxygens (including phenoxy) is 4. The van der Waals surface area contributed by atoms with Crippen LogP contribution in [0.1, 0.15) is 6.92 Å². The van der Waals surface area contributed by atoms with E-state index in [9.17, 15) is 18.8 Å². The SMILES string of the molecule is CCOCCn1cc(OC(=O)Nc2ccc(Oc3cc(N4CCOCC4)cn4nccc34)c(F)c2)c(=O)n(-c2ccc(F)cc2)c1=O. The number of aromatic nitrogens is 4. The third-order valence-corrected chi connectivity index (χ3v) is 7.32. The third-order valence-electron chi connectivity index (χ3n) is 7.32. The van der Waals surface area contributed by atoms with Crippen LogP contribution >= 0.6 is 0 Å². The van der Waals surface area contributed by atoms with Gasteiger partial charge in [0.15, 0.2) is 17.3 Å². The summed E-state index contributed by atoms with van der Waals surface area (Å²) in [5, 5.41) is 6.68. The van der Waals surface area contributed by atoms with Crippen LogP contribution in [0.15, 0.2) is 82.8 Å². The number of anilines is 2. The monoisotopic (exact) mass is 648 g/mol. The van der Waals surface area contributed by atoms with Gasteiger partial charge < -0.3 is 23.8 Å². The zero-order valence-corrected chi connectivity index (χ0v) is 25.2. The normalized spacial score (nSPS) is 13.1. The molecule has 244 valence electrons. The zero-order chi connectivity index (χ0) is 32.9. The van der Waals surface area contributed by atoms with E-state index in [4.69, 9.17) is 18.9 Å². The molecule has 0 spiro atoms. The molecule has 2 aromatic carbocycles. The van der Waals surface area contributed by atoms with Crippen molar-refractivity contribution in [2.45, 2.75) is 13.5 Å². The van der Waals surface area contributed by atoms with E-state index in [2.05, 4.69) is 15.3 Å². The summed E-state index contributed by atoms with van der Waals surface area (Å²) in [6.07, 6.45) is 3.44. The van der Waals surface area contributed by atoms with Gasteiger partial charge in [-0.1, -0.05) is 0 Å². The fraction of sp³-hybridized carbons (Fsp3) is 0.250. The number of fused-ring (bicyclic) bond motifs is 1. The number of hydrogen-bond donors (Lipinski definition) is 1. The highest BCUT2D eigenvalue weighted by molar-refractivity contribution is 5.86. The first-order valence-corrected chi connectivity index (χ1v) is 14.8. The maximum absolute atomic E-state index is 15.3. The zero-order valence-electron chi connectivity index (χ0n) is 25.2. The largest absolute Gasteiger partial charge is 0.452 e. The Kier molecular flexibility index (Phi) is 9.26. The Balaban J connectivity index is 1.21. The summed E-state index contributed by atoms with van der Waals surface area (Å²) in [5.74, 6) is -1.56. The molecule has 1 saturated heterocycles. The molecule has 4 heterocycles. The average molecular weight is 649 g/mol. The number of pyridine rings is 1. The number of morpholine rings is 1. The highest BCUT2D eigenvalue weighted by Crippen LogP contribution is 2.33. The minimum atomic E-state index is -1.12. The lowest BCUT2D eigenvalue weighted by atomic mass is 10.2. The van der Waals surface area contributed by atoms with Gasteiger partial charge in [0, 0.05) is 37.5 Å². The predicted molar refractivity (Wildman–Crippen MR) is 167 cm³/mol. The van der Waals surface area contributed by atoms with Gasteiger partial charge in [-0.25, -0.2) is 27.5 Å². The number of carbonyl (C=O) groups is 1. The molecule has 1 aliphatic rings. The van der Waals surface area contributed by atoms with E-state index < -0.39 is 34.7 Å². The molecule has 0 radical (unpaired) electrons. The second-order valence-corrected chi connectivity index (χ2v) is 10.4. The quantitative estimate of drug-likeness (QED) is 0.222. The Labute approximate surface area is 266 Å². The molecule has 5 aromatic rings. The highest BCUT2D eigenvalue weighted by Gasteiger charge is 2.19. The lowest BCUT2D eigenvalue weighted by Crippen LogP contribution is -2.40. The van der Waals surface area contributed by atoms with Gasteiger partial charge in [0.05, 0.1) is 56.3 Å². The number of halogens is 2. The van der Waals surface area contributed by atoms with Crippen molar-refractivity contribution in [3.05, 3.63) is 106 Å². The maximum Gasteiger partial charge on any atom is 0.417 e. The summed E-state index contributed by atoms with van der Waals surface area (Å²) in [7, 11) is 0. The molecule has 0 saturated carbocycles.